The van der Waals surface area contributed by atoms with Crippen LogP contribution in [0.4, 0.5) is 5.69 Å². The molecule has 23 heavy (non-hydrogen) atoms. The van der Waals surface area contributed by atoms with E-state index in [1.54, 1.807) is 0 Å². The Morgan fingerprint density at radius 1 is 0.826 bits per heavy atom. The second-order valence-electron chi connectivity index (χ2n) is 6.97. The van der Waals surface area contributed by atoms with Crippen molar-refractivity contribution < 1.29 is 9.47 Å². The standard InChI is InChI=1S/C20H25NO2/c1-20(2,3)16-4-8-18(9-5-16)23-19-10-6-17(7-11-19)21-12-14-22-15-13-21/h4-11H,12-15H2,1-3H3. The highest BCUT2D eigenvalue weighted by Crippen LogP contribution is 2.28. The van der Waals surface area contributed by atoms with Gasteiger partial charge in [0.2, 0.25) is 0 Å². The molecule has 3 rings (SSSR count). The summed E-state index contributed by atoms with van der Waals surface area (Å²) in [7, 11) is 0. The summed E-state index contributed by atoms with van der Waals surface area (Å²) in [5.41, 5.74) is 2.70. The zero-order valence-electron chi connectivity index (χ0n) is 14.2. The fraction of sp³-hybridized carbons (Fsp3) is 0.400. The van der Waals surface area contributed by atoms with Crippen LogP contribution in [0.2, 0.25) is 0 Å². The van der Waals surface area contributed by atoms with Crippen LogP contribution in [0.25, 0.3) is 0 Å². The van der Waals surface area contributed by atoms with Crippen molar-refractivity contribution >= 4 is 5.69 Å². The average molecular weight is 311 g/mol. The van der Waals surface area contributed by atoms with E-state index in [2.05, 4.69) is 49.9 Å². The largest absolute Gasteiger partial charge is 0.457 e. The molecule has 0 N–H and O–H groups in total. The number of hydrogen-bond acceptors (Lipinski definition) is 3. The van der Waals surface area contributed by atoms with Crippen LogP contribution in [0.3, 0.4) is 0 Å². The number of ether oxygens (including phenoxy) is 2. The third kappa shape index (κ3) is 4.05. The normalized spacial score (nSPS) is 15.5. The topological polar surface area (TPSA) is 21.7 Å². The molecule has 0 radical (unpaired) electrons. The van der Waals surface area contributed by atoms with Crippen molar-refractivity contribution in [2.24, 2.45) is 0 Å². The van der Waals surface area contributed by atoms with Gasteiger partial charge in [-0.15, -0.1) is 0 Å². The van der Waals surface area contributed by atoms with Gasteiger partial charge < -0.3 is 14.4 Å². The average Bonchev–Trinajstić information content (AvgIpc) is 2.56. The van der Waals surface area contributed by atoms with Gasteiger partial charge in [-0.05, 0) is 47.4 Å². The van der Waals surface area contributed by atoms with Crippen LogP contribution in [0.5, 0.6) is 11.5 Å². The molecule has 0 aromatic heterocycles. The zero-order valence-corrected chi connectivity index (χ0v) is 14.2. The first kappa shape index (κ1) is 15.9. The van der Waals surface area contributed by atoms with Gasteiger partial charge in [-0.1, -0.05) is 32.9 Å². The summed E-state index contributed by atoms with van der Waals surface area (Å²) in [6.07, 6.45) is 0. The minimum atomic E-state index is 0.165. The first-order valence-electron chi connectivity index (χ1n) is 8.23. The summed E-state index contributed by atoms with van der Waals surface area (Å²) in [4.78, 5) is 2.34. The minimum absolute atomic E-state index is 0.165. The number of rotatable bonds is 3. The summed E-state index contributed by atoms with van der Waals surface area (Å²) >= 11 is 0. The second kappa shape index (κ2) is 6.63. The lowest BCUT2D eigenvalue weighted by Crippen LogP contribution is -2.36. The highest BCUT2D eigenvalue weighted by Gasteiger charge is 2.13. The molecule has 2 aromatic rings. The van der Waals surface area contributed by atoms with Gasteiger partial charge in [0.25, 0.3) is 0 Å². The van der Waals surface area contributed by atoms with E-state index in [9.17, 15) is 0 Å². The van der Waals surface area contributed by atoms with Crippen LogP contribution in [0.15, 0.2) is 48.5 Å². The molecule has 1 aliphatic heterocycles. The van der Waals surface area contributed by atoms with E-state index in [4.69, 9.17) is 9.47 Å². The fourth-order valence-electron chi connectivity index (χ4n) is 2.71. The Morgan fingerprint density at radius 2 is 1.35 bits per heavy atom. The van der Waals surface area contributed by atoms with Crippen molar-refractivity contribution in [3.8, 4) is 11.5 Å². The van der Waals surface area contributed by atoms with E-state index in [1.165, 1.54) is 11.3 Å². The van der Waals surface area contributed by atoms with E-state index in [1.807, 2.05) is 24.3 Å². The quantitative estimate of drug-likeness (QED) is 0.826. The number of morpholine rings is 1. The Hall–Kier alpha value is -2.00. The summed E-state index contributed by atoms with van der Waals surface area (Å²) in [6.45, 7) is 10.2. The Balaban J connectivity index is 1.66. The maximum absolute atomic E-state index is 5.95. The molecule has 3 heteroatoms. The van der Waals surface area contributed by atoms with Gasteiger partial charge in [-0.2, -0.15) is 0 Å². The molecule has 0 amide bonds. The molecule has 0 aliphatic carbocycles. The zero-order chi connectivity index (χ0) is 16.3. The fourth-order valence-corrected chi connectivity index (χ4v) is 2.71. The van der Waals surface area contributed by atoms with Crippen molar-refractivity contribution in [3.63, 3.8) is 0 Å². The Kier molecular flexibility index (Phi) is 4.58. The Labute approximate surface area is 138 Å². The van der Waals surface area contributed by atoms with Gasteiger partial charge in [-0.3, -0.25) is 0 Å². The third-order valence-electron chi connectivity index (χ3n) is 4.17. The van der Waals surface area contributed by atoms with Crippen LogP contribution in [0.1, 0.15) is 26.3 Å². The minimum Gasteiger partial charge on any atom is -0.457 e. The summed E-state index contributed by atoms with van der Waals surface area (Å²) in [5, 5.41) is 0. The van der Waals surface area contributed by atoms with Crippen molar-refractivity contribution in [1.29, 1.82) is 0 Å². The molecule has 0 bridgehead atoms. The predicted molar refractivity (Wildman–Crippen MR) is 94.7 cm³/mol. The van der Waals surface area contributed by atoms with Crippen molar-refractivity contribution in [2.75, 3.05) is 31.2 Å². The van der Waals surface area contributed by atoms with Crippen molar-refractivity contribution in [1.82, 2.24) is 0 Å². The molecule has 1 heterocycles. The van der Waals surface area contributed by atoms with E-state index in [0.29, 0.717) is 0 Å². The first-order chi connectivity index (χ1) is 11.0. The molecule has 3 nitrogen and oxygen atoms in total. The first-order valence-corrected chi connectivity index (χ1v) is 8.23. The van der Waals surface area contributed by atoms with Gasteiger partial charge in [0.05, 0.1) is 13.2 Å². The van der Waals surface area contributed by atoms with Crippen LogP contribution in [-0.2, 0) is 10.2 Å². The van der Waals surface area contributed by atoms with Gasteiger partial charge >= 0.3 is 0 Å². The van der Waals surface area contributed by atoms with E-state index in [-0.39, 0.29) is 5.41 Å². The van der Waals surface area contributed by atoms with Crippen LogP contribution in [-0.4, -0.2) is 26.3 Å². The molecule has 0 saturated carbocycles. The van der Waals surface area contributed by atoms with Crippen LogP contribution < -0.4 is 9.64 Å². The van der Waals surface area contributed by atoms with Gasteiger partial charge in [-0.25, -0.2) is 0 Å². The lowest BCUT2D eigenvalue weighted by molar-refractivity contribution is 0.122. The lowest BCUT2D eigenvalue weighted by atomic mass is 9.87. The molecule has 0 spiro atoms. The van der Waals surface area contributed by atoms with Crippen LogP contribution in [0, 0.1) is 0 Å². The Morgan fingerprint density at radius 3 is 1.87 bits per heavy atom. The highest BCUT2D eigenvalue weighted by atomic mass is 16.5. The van der Waals surface area contributed by atoms with Crippen molar-refractivity contribution in [2.45, 2.75) is 26.2 Å². The summed E-state index contributed by atoms with van der Waals surface area (Å²) in [5.74, 6) is 1.74. The van der Waals surface area contributed by atoms with Crippen LogP contribution >= 0.6 is 0 Å². The molecular formula is C20H25NO2. The molecule has 0 atom stereocenters. The summed E-state index contributed by atoms with van der Waals surface area (Å²) in [6, 6.07) is 16.6. The maximum atomic E-state index is 5.95. The van der Waals surface area contributed by atoms with E-state index < -0.39 is 0 Å². The molecule has 1 aliphatic rings. The summed E-state index contributed by atoms with van der Waals surface area (Å²) < 4.78 is 11.3. The molecule has 0 unspecified atom stereocenters. The number of nitrogens with zero attached hydrogens (tertiary/aromatic N) is 1. The maximum Gasteiger partial charge on any atom is 0.127 e. The van der Waals surface area contributed by atoms with Crippen molar-refractivity contribution in [3.05, 3.63) is 54.1 Å². The lowest BCUT2D eigenvalue weighted by Gasteiger charge is -2.28. The number of hydrogen-bond donors (Lipinski definition) is 0. The molecule has 122 valence electrons. The smallest absolute Gasteiger partial charge is 0.127 e. The SMILES string of the molecule is CC(C)(C)c1ccc(Oc2ccc(N3CCOCC3)cc2)cc1. The third-order valence-corrected chi connectivity index (χ3v) is 4.17. The number of benzene rings is 2. The molecule has 1 fully saturated rings. The van der Waals surface area contributed by atoms with E-state index >= 15 is 0 Å². The molecular weight excluding hydrogens is 286 g/mol. The monoisotopic (exact) mass is 311 g/mol. The molecule has 2 aromatic carbocycles. The van der Waals surface area contributed by atoms with Gasteiger partial charge in [0, 0.05) is 18.8 Å². The van der Waals surface area contributed by atoms with Gasteiger partial charge in [0.15, 0.2) is 0 Å². The second-order valence-corrected chi connectivity index (χ2v) is 6.97. The molecule has 1 saturated heterocycles. The number of anilines is 1. The highest BCUT2D eigenvalue weighted by molar-refractivity contribution is 5.50. The van der Waals surface area contributed by atoms with Gasteiger partial charge in [0.1, 0.15) is 11.5 Å². The Bertz CT molecular complexity index is 620. The van der Waals surface area contributed by atoms with E-state index in [0.717, 1.165) is 37.8 Å². The predicted octanol–water partition coefficient (Wildman–Crippen LogP) is 4.61.